The molecule has 1 heterocycles. The lowest BCUT2D eigenvalue weighted by Gasteiger charge is -2.23. The number of sulfonamides is 1. The summed E-state index contributed by atoms with van der Waals surface area (Å²) in [4.78, 5) is 0.341. The van der Waals surface area contributed by atoms with Gasteiger partial charge in [-0.3, -0.25) is 0 Å². The van der Waals surface area contributed by atoms with E-state index in [-0.39, 0.29) is 6.04 Å². The van der Waals surface area contributed by atoms with E-state index in [1.807, 2.05) is 0 Å². The molecule has 0 aliphatic carbocycles. The first-order valence-corrected chi connectivity index (χ1v) is 7.81. The van der Waals surface area contributed by atoms with Gasteiger partial charge in [-0.05, 0) is 43.5 Å². The highest BCUT2D eigenvalue weighted by molar-refractivity contribution is 7.89. The molecule has 1 fully saturated rings. The van der Waals surface area contributed by atoms with Crippen molar-refractivity contribution in [3.05, 3.63) is 23.8 Å². The van der Waals surface area contributed by atoms with E-state index in [9.17, 15) is 8.42 Å². The van der Waals surface area contributed by atoms with E-state index in [1.165, 1.54) is 4.31 Å². The van der Waals surface area contributed by atoms with Crippen LogP contribution in [0.3, 0.4) is 0 Å². The average Bonchev–Trinajstić information content (AvgIpc) is 2.87. The highest BCUT2D eigenvalue weighted by atomic mass is 32.2. The lowest BCUT2D eigenvalue weighted by molar-refractivity contribution is 0.392. The maximum atomic E-state index is 12.7. The number of nitrogens with zero attached hydrogens (tertiary/aromatic N) is 1. The molecular weight excluding hydrogens is 264 g/mol. The van der Waals surface area contributed by atoms with Gasteiger partial charge in [-0.15, -0.1) is 0 Å². The summed E-state index contributed by atoms with van der Waals surface area (Å²) in [7, 11) is -1.89. The van der Waals surface area contributed by atoms with Crippen LogP contribution in [0.2, 0.25) is 0 Å². The molecule has 1 aromatic carbocycles. The Morgan fingerprint density at radius 1 is 1.47 bits per heavy atom. The van der Waals surface area contributed by atoms with Gasteiger partial charge in [-0.2, -0.15) is 4.31 Å². The number of hydrogen-bond donors (Lipinski definition) is 1. The lowest BCUT2D eigenvalue weighted by atomic mass is 10.2. The maximum absolute atomic E-state index is 12.7. The molecule has 1 unspecified atom stereocenters. The maximum Gasteiger partial charge on any atom is 0.243 e. The second-order valence-corrected chi connectivity index (χ2v) is 6.64. The molecule has 19 heavy (non-hydrogen) atoms. The van der Waals surface area contributed by atoms with E-state index >= 15 is 0 Å². The van der Waals surface area contributed by atoms with Gasteiger partial charge >= 0.3 is 0 Å². The summed E-state index contributed by atoms with van der Waals surface area (Å²) in [6.45, 7) is 2.70. The monoisotopic (exact) mass is 284 g/mol. The third-order valence-electron chi connectivity index (χ3n) is 3.56. The number of benzene rings is 1. The third-order valence-corrected chi connectivity index (χ3v) is 5.68. The number of rotatable bonds is 4. The van der Waals surface area contributed by atoms with Crippen molar-refractivity contribution in [3.8, 4) is 5.75 Å². The third kappa shape index (κ3) is 2.61. The molecule has 5 nitrogen and oxygen atoms in total. The molecule has 0 radical (unpaired) electrons. The van der Waals surface area contributed by atoms with Gasteiger partial charge in [0, 0.05) is 19.1 Å². The number of hydrogen-bond acceptors (Lipinski definition) is 4. The highest BCUT2D eigenvalue weighted by Gasteiger charge is 2.35. The standard InChI is InChI=1S/C13H20N2O3S/c1-10-8-12(18-2)5-6-13(10)19(16,17)15-7-3-4-11(15)9-14/h5-6,8,11H,3-4,7,9,14H2,1-2H3. The van der Waals surface area contributed by atoms with E-state index in [0.29, 0.717) is 29.3 Å². The molecule has 0 bridgehead atoms. The summed E-state index contributed by atoms with van der Waals surface area (Å²) in [5, 5.41) is 0. The Morgan fingerprint density at radius 2 is 2.21 bits per heavy atom. The van der Waals surface area contributed by atoms with Crippen LogP contribution in [0.25, 0.3) is 0 Å². The number of ether oxygens (including phenoxy) is 1. The van der Waals surface area contributed by atoms with Crippen LogP contribution in [-0.2, 0) is 10.0 Å². The van der Waals surface area contributed by atoms with Crippen molar-refractivity contribution in [2.45, 2.75) is 30.7 Å². The van der Waals surface area contributed by atoms with Crippen molar-refractivity contribution < 1.29 is 13.2 Å². The summed E-state index contributed by atoms with van der Waals surface area (Å²) in [6.07, 6.45) is 1.71. The normalized spacial score (nSPS) is 20.7. The first-order valence-electron chi connectivity index (χ1n) is 6.37. The minimum absolute atomic E-state index is 0.0773. The number of aryl methyl sites for hydroxylation is 1. The fourth-order valence-electron chi connectivity index (χ4n) is 2.53. The topological polar surface area (TPSA) is 72.6 Å². The van der Waals surface area contributed by atoms with E-state index in [2.05, 4.69) is 0 Å². The molecule has 1 aliphatic heterocycles. The molecule has 2 rings (SSSR count). The Bertz CT molecular complexity index is 557. The quantitative estimate of drug-likeness (QED) is 0.899. The Hall–Kier alpha value is -1.11. The molecule has 1 aliphatic rings. The molecule has 0 spiro atoms. The van der Waals surface area contributed by atoms with E-state index < -0.39 is 10.0 Å². The van der Waals surface area contributed by atoms with Gasteiger partial charge in [-0.1, -0.05) is 0 Å². The van der Waals surface area contributed by atoms with Crippen molar-refractivity contribution in [2.75, 3.05) is 20.2 Å². The molecule has 6 heteroatoms. The second-order valence-electron chi connectivity index (χ2n) is 4.78. The van der Waals surface area contributed by atoms with Crippen molar-refractivity contribution in [1.29, 1.82) is 0 Å². The van der Waals surface area contributed by atoms with E-state index in [0.717, 1.165) is 12.8 Å². The summed E-state index contributed by atoms with van der Waals surface area (Å²) < 4.78 is 31.9. The zero-order chi connectivity index (χ0) is 14.0. The minimum Gasteiger partial charge on any atom is -0.497 e. The van der Waals surface area contributed by atoms with Gasteiger partial charge in [0.15, 0.2) is 0 Å². The molecular formula is C13H20N2O3S. The van der Waals surface area contributed by atoms with Crippen LogP contribution >= 0.6 is 0 Å². The summed E-state index contributed by atoms with van der Waals surface area (Å²) in [6, 6.07) is 4.94. The lowest BCUT2D eigenvalue weighted by Crippen LogP contribution is -2.40. The van der Waals surface area contributed by atoms with Crippen molar-refractivity contribution >= 4 is 10.0 Å². The van der Waals surface area contributed by atoms with E-state index in [4.69, 9.17) is 10.5 Å². The molecule has 1 atom stereocenters. The number of methoxy groups -OCH3 is 1. The van der Waals surface area contributed by atoms with Crippen LogP contribution < -0.4 is 10.5 Å². The Kier molecular flexibility index (Phi) is 4.13. The van der Waals surface area contributed by atoms with Crippen LogP contribution in [0.15, 0.2) is 23.1 Å². The molecule has 1 saturated heterocycles. The van der Waals surface area contributed by atoms with E-state index in [1.54, 1.807) is 32.2 Å². The summed E-state index contributed by atoms with van der Waals surface area (Å²) >= 11 is 0. The molecule has 0 amide bonds. The predicted octanol–water partition coefficient (Wildman–Crippen LogP) is 1.12. The predicted molar refractivity (Wildman–Crippen MR) is 73.7 cm³/mol. The number of nitrogens with two attached hydrogens (primary N) is 1. The molecule has 0 aromatic heterocycles. The summed E-state index contributed by atoms with van der Waals surface area (Å²) in [5.41, 5.74) is 6.35. The van der Waals surface area contributed by atoms with Crippen LogP contribution in [0.4, 0.5) is 0 Å². The van der Waals surface area contributed by atoms with Crippen LogP contribution in [-0.4, -0.2) is 39.0 Å². The summed E-state index contributed by atoms with van der Waals surface area (Å²) in [5.74, 6) is 0.660. The Balaban J connectivity index is 2.39. The van der Waals surface area contributed by atoms with Crippen molar-refractivity contribution in [2.24, 2.45) is 5.73 Å². The first kappa shape index (κ1) is 14.3. The average molecular weight is 284 g/mol. The molecule has 2 N–H and O–H groups in total. The SMILES string of the molecule is COc1ccc(S(=O)(=O)N2CCCC2CN)c(C)c1. The smallest absolute Gasteiger partial charge is 0.243 e. The van der Waals surface area contributed by atoms with Crippen molar-refractivity contribution in [3.63, 3.8) is 0 Å². The van der Waals surface area contributed by atoms with Gasteiger partial charge in [0.25, 0.3) is 0 Å². The molecule has 1 aromatic rings. The van der Waals surface area contributed by atoms with Gasteiger partial charge < -0.3 is 10.5 Å². The Morgan fingerprint density at radius 3 is 2.79 bits per heavy atom. The molecule has 106 valence electrons. The van der Waals surface area contributed by atoms with Crippen LogP contribution in [0.5, 0.6) is 5.75 Å². The van der Waals surface area contributed by atoms with Gasteiger partial charge in [0.2, 0.25) is 10.0 Å². The van der Waals surface area contributed by atoms with Crippen LogP contribution in [0, 0.1) is 6.92 Å². The molecule has 0 saturated carbocycles. The zero-order valence-corrected chi connectivity index (χ0v) is 12.1. The fraction of sp³-hybridized carbons (Fsp3) is 0.538. The second kappa shape index (κ2) is 5.48. The van der Waals surface area contributed by atoms with Gasteiger partial charge in [0.1, 0.15) is 5.75 Å². The van der Waals surface area contributed by atoms with Crippen LogP contribution in [0.1, 0.15) is 18.4 Å². The highest BCUT2D eigenvalue weighted by Crippen LogP contribution is 2.29. The van der Waals surface area contributed by atoms with Gasteiger partial charge in [-0.25, -0.2) is 8.42 Å². The minimum atomic E-state index is -3.46. The van der Waals surface area contributed by atoms with Crippen molar-refractivity contribution in [1.82, 2.24) is 4.31 Å². The first-order chi connectivity index (χ1) is 9.00. The Labute approximate surface area is 114 Å². The zero-order valence-electron chi connectivity index (χ0n) is 11.3. The largest absolute Gasteiger partial charge is 0.497 e. The van der Waals surface area contributed by atoms with Gasteiger partial charge in [0.05, 0.1) is 12.0 Å². The fourth-order valence-corrected chi connectivity index (χ4v) is 4.44.